The van der Waals surface area contributed by atoms with Crippen LogP contribution in [0.5, 0.6) is 5.75 Å². The lowest BCUT2D eigenvalue weighted by atomic mass is 10.1. The van der Waals surface area contributed by atoms with Gasteiger partial charge in [-0.25, -0.2) is 0 Å². The highest BCUT2D eigenvalue weighted by atomic mass is 16.6. The Kier molecular flexibility index (Phi) is 5.84. The lowest BCUT2D eigenvalue weighted by Gasteiger charge is -2.08. The molecular weight excluding hydrogens is 324 g/mol. The minimum Gasteiger partial charge on any atom is -0.426 e. The van der Waals surface area contributed by atoms with E-state index in [1.165, 1.54) is 18.2 Å². The van der Waals surface area contributed by atoms with Crippen molar-refractivity contribution in [3.05, 3.63) is 69.3 Å². The standard InChI is InChI=1S/C18H18N2O5/c1-12-5-3-4-6-15(12)18(22)19-10-9-17(21)25-14-7-8-16(20(23)24)13(2)11-14/h3-8,11H,9-10H2,1-2H3,(H,19,22). The van der Waals surface area contributed by atoms with E-state index in [2.05, 4.69) is 5.32 Å². The Morgan fingerprint density at radius 3 is 2.48 bits per heavy atom. The quantitative estimate of drug-likeness (QED) is 0.377. The molecule has 0 radical (unpaired) electrons. The smallest absolute Gasteiger partial charge is 0.312 e. The number of hydrogen-bond acceptors (Lipinski definition) is 5. The van der Waals surface area contributed by atoms with Gasteiger partial charge in [0.2, 0.25) is 0 Å². The number of carbonyl (C=O) groups is 2. The van der Waals surface area contributed by atoms with Crippen LogP contribution >= 0.6 is 0 Å². The number of esters is 1. The summed E-state index contributed by atoms with van der Waals surface area (Å²) in [6.07, 6.45) is -0.00629. The van der Waals surface area contributed by atoms with Gasteiger partial charge in [0.25, 0.3) is 11.6 Å². The lowest BCUT2D eigenvalue weighted by Crippen LogP contribution is -2.27. The molecule has 1 amide bonds. The molecule has 0 heterocycles. The van der Waals surface area contributed by atoms with Crippen LogP contribution in [-0.4, -0.2) is 23.3 Å². The number of amides is 1. The first kappa shape index (κ1) is 18.1. The number of carbonyl (C=O) groups excluding carboxylic acids is 2. The summed E-state index contributed by atoms with van der Waals surface area (Å²) in [5, 5.41) is 13.4. The van der Waals surface area contributed by atoms with E-state index in [0.29, 0.717) is 11.1 Å². The molecule has 2 aromatic carbocycles. The second kappa shape index (κ2) is 8.05. The average Bonchev–Trinajstić information content (AvgIpc) is 2.54. The van der Waals surface area contributed by atoms with Crippen LogP contribution < -0.4 is 10.1 Å². The van der Waals surface area contributed by atoms with Crippen LogP contribution in [0.3, 0.4) is 0 Å². The summed E-state index contributed by atoms with van der Waals surface area (Å²) < 4.78 is 5.13. The molecule has 0 aliphatic carbocycles. The van der Waals surface area contributed by atoms with Gasteiger partial charge in [-0.15, -0.1) is 0 Å². The molecule has 0 spiro atoms. The Balaban J connectivity index is 1.85. The summed E-state index contributed by atoms with van der Waals surface area (Å²) in [6.45, 7) is 3.54. The molecule has 0 aliphatic rings. The highest BCUT2D eigenvalue weighted by Crippen LogP contribution is 2.23. The molecular formula is C18H18N2O5. The van der Waals surface area contributed by atoms with Crippen molar-refractivity contribution in [3.8, 4) is 5.75 Å². The third-order valence-corrected chi connectivity index (χ3v) is 3.60. The predicted octanol–water partition coefficient (Wildman–Crippen LogP) is 2.94. The Morgan fingerprint density at radius 1 is 1.12 bits per heavy atom. The van der Waals surface area contributed by atoms with Gasteiger partial charge >= 0.3 is 5.97 Å². The van der Waals surface area contributed by atoms with Crippen molar-refractivity contribution in [2.24, 2.45) is 0 Å². The van der Waals surface area contributed by atoms with Crippen LogP contribution in [-0.2, 0) is 4.79 Å². The molecule has 2 rings (SSSR count). The van der Waals surface area contributed by atoms with Gasteiger partial charge in [0.1, 0.15) is 5.75 Å². The Labute approximate surface area is 144 Å². The third kappa shape index (κ3) is 4.87. The molecule has 0 aliphatic heterocycles. The van der Waals surface area contributed by atoms with Crippen molar-refractivity contribution >= 4 is 17.6 Å². The summed E-state index contributed by atoms with van der Waals surface area (Å²) in [4.78, 5) is 34.1. The number of nitrogens with zero attached hydrogens (tertiary/aromatic N) is 1. The Bertz CT molecular complexity index is 817. The van der Waals surface area contributed by atoms with Crippen molar-refractivity contribution in [2.45, 2.75) is 20.3 Å². The molecule has 0 aromatic heterocycles. The number of benzene rings is 2. The molecule has 0 saturated carbocycles. The number of aryl methyl sites for hydroxylation is 2. The van der Waals surface area contributed by atoms with Crippen molar-refractivity contribution in [3.63, 3.8) is 0 Å². The van der Waals surface area contributed by atoms with Crippen molar-refractivity contribution in [2.75, 3.05) is 6.54 Å². The first-order chi connectivity index (χ1) is 11.9. The zero-order valence-electron chi connectivity index (χ0n) is 13.9. The fraction of sp³-hybridized carbons (Fsp3) is 0.222. The number of nitro benzene ring substituents is 1. The SMILES string of the molecule is Cc1ccccc1C(=O)NCCC(=O)Oc1ccc([N+](=O)[O-])c(C)c1. The Hall–Kier alpha value is -3.22. The maximum atomic E-state index is 12.0. The molecule has 0 unspecified atom stereocenters. The molecule has 130 valence electrons. The zero-order chi connectivity index (χ0) is 18.4. The maximum Gasteiger partial charge on any atom is 0.312 e. The van der Waals surface area contributed by atoms with E-state index >= 15 is 0 Å². The number of rotatable bonds is 6. The minimum atomic E-state index is -0.529. The number of nitro groups is 1. The van der Waals surface area contributed by atoms with Gasteiger partial charge in [-0.3, -0.25) is 19.7 Å². The van der Waals surface area contributed by atoms with Crippen molar-refractivity contribution < 1.29 is 19.2 Å². The van der Waals surface area contributed by atoms with Gasteiger partial charge in [-0.05, 0) is 37.6 Å². The van der Waals surface area contributed by atoms with Gasteiger partial charge in [0, 0.05) is 23.7 Å². The molecule has 7 nitrogen and oxygen atoms in total. The van der Waals surface area contributed by atoms with Crippen LogP contribution in [0.4, 0.5) is 5.69 Å². The average molecular weight is 342 g/mol. The first-order valence-electron chi connectivity index (χ1n) is 7.68. The normalized spacial score (nSPS) is 10.2. The molecule has 0 fully saturated rings. The summed E-state index contributed by atoms with van der Waals surface area (Å²) >= 11 is 0. The van der Waals surface area contributed by atoms with E-state index < -0.39 is 10.9 Å². The number of ether oxygens (including phenoxy) is 1. The van der Waals surface area contributed by atoms with Crippen LogP contribution in [0.1, 0.15) is 27.9 Å². The Morgan fingerprint density at radius 2 is 1.84 bits per heavy atom. The van der Waals surface area contributed by atoms with Gasteiger partial charge in [0.15, 0.2) is 0 Å². The van der Waals surface area contributed by atoms with E-state index in [9.17, 15) is 19.7 Å². The summed E-state index contributed by atoms with van der Waals surface area (Å²) in [7, 11) is 0. The van der Waals surface area contributed by atoms with E-state index in [1.54, 1.807) is 19.1 Å². The van der Waals surface area contributed by atoms with Crippen molar-refractivity contribution in [1.29, 1.82) is 0 Å². The first-order valence-corrected chi connectivity index (χ1v) is 7.68. The van der Waals surface area contributed by atoms with Gasteiger partial charge in [0.05, 0.1) is 11.3 Å². The second-order valence-electron chi connectivity index (χ2n) is 5.50. The van der Waals surface area contributed by atoms with Crippen LogP contribution in [0.25, 0.3) is 0 Å². The second-order valence-corrected chi connectivity index (χ2v) is 5.50. The monoisotopic (exact) mass is 342 g/mol. The molecule has 0 bridgehead atoms. The topological polar surface area (TPSA) is 98.5 Å². The van der Waals surface area contributed by atoms with E-state index in [4.69, 9.17) is 4.74 Å². The molecule has 7 heteroatoms. The van der Waals surface area contributed by atoms with Gasteiger partial charge in [-0.1, -0.05) is 18.2 Å². The van der Waals surface area contributed by atoms with Crippen molar-refractivity contribution in [1.82, 2.24) is 5.32 Å². The van der Waals surface area contributed by atoms with E-state index in [0.717, 1.165) is 5.56 Å². The highest BCUT2D eigenvalue weighted by Gasteiger charge is 2.13. The summed E-state index contributed by atoms with van der Waals surface area (Å²) in [6, 6.07) is 11.3. The number of nitrogens with one attached hydrogen (secondary N) is 1. The highest BCUT2D eigenvalue weighted by molar-refractivity contribution is 5.95. The maximum absolute atomic E-state index is 12.0. The van der Waals surface area contributed by atoms with Crippen LogP contribution in [0.2, 0.25) is 0 Å². The predicted molar refractivity (Wildman–Crippen MR) is 91.6 cm³/mol. The van der Waals surface area contributed by atoms with Gasteiger partial charge < -0.3 is 10.1 Å². The molecule has 2 aromatic rings. The van der Waals surface area contributed by atoms with E-state index in [1.807, 2.05) is 19.1 Å². The van der Waals surface area contributed by atoms with E-state index in [-0.39, 0.29) is 30.3 Å². The lowest BCUT2D eigenvalue weighted by molar-refractivity contribution is -0.385. The minimum absolute atomic E-state index is 0.00629. The summed E-state index contributed by atoms with van der Waals surface area (Å²) in [5.41, 5.74) is 1.78. The summed E-state index contributed by atoms with van der Waals surface area (Å²) in [5.74, 6) is -0.547. The molecule has 1 N–H and O–H groups in total. The fourth-order valence-electron chi connectivity index (χ4n) is 2.28. The third-order valence-electron chi connectivity index (χ3n) is 3.60. The van der Waals surface area contributed by atoms with Crippen LogP contribution in [0, 0.1) is 24.0 Å². The largest absolute Gasteiger partial charge is 0.426 e. The zero-order valence-corrected chi connectivity index (χ0v) is 13.9. The molecule has 25 heavy (non-hydrogen) atoms. The van der Waals surface area contributed by atoms with Crippen LogP contribution in [0.15, 0.2) is 42.5 Å². The molecule has 0 atom stereocenters. The van der Waals surface area contributed by atoms with Gasteiger partial charge in [-0.2, -0.15) is 0 Å². The molecule has 0 saturated heterocycles. The number of hydrogen-bond donors (Lipinski definition) is 1. The fourth-order valence-corrected chi connectivity index (χ4v) is 2.28.